The highest BCUT2D eigenvalue weighted by Crippen LogP contribution is 2.01. The Balaban J connectivity index is 1.88. The molecule has 0 aliphatic heterocycles. The summed E-state index contributed by atoms with van der Waals surface area (Å²) in [6.07, 6.45) is 6.89. The first-order valence-corrected chi connectivity index (χ1v) is 6.76. The molecule has 0 aliphatic rings. The zero-order valence-electron chi connectivity index (χ0n) is 11.4. The molecule has 20 heavy (non-hydrogen) atoms. The Morgan fingerprint density at radius 3 is 2.55 bits per heavy atom. The summed E-state index contributed by atoms with van der Waals surface area (Å²) in [5, 5.41) is 21.4. The summed E-state index contributed by atoms with van der Waals surface area (Å²) >= 11 is 0. The van der Waals surface area contributed by atoms with E-state index in [9.17, 15) is 9.59 Å². The second kappa shape index (κ2) is 9.76. The van der Waals surface area contributed by atoms with Crippen molar-refractivity contribution in [1.82, 2.24) is 25.6 Å². The van der Waals surface area contributed by atoms with Gasteiger partial charge >= 0.3 is 12.0 Å². The minimum Gasteiger partial charge on any atom is -0.481 e. The summed E-state index contributed by atoms with van der Waals surface area (Å²) < 4.78 is 1.64. The van der Waals surface area contributed by atoms with Crippen LogP contribution in [0.25, 0.3) is 0 Å². The van der Waals surface area contributed by atoms with E-state index in [0.29, 0.717) is 26.1 Å². The summed E-state index contributed by atoms with van der Waals surface area (Å²) in [5.74, 6) is -0.755. The van der Waals surface area contributed by atoms with Crippen molar-refractivity contribution >= 4 is 12.0 Å². The number of aliphatic carboxylic acids is 1. The maximum Gasteiger partial charge on any atom is 0.314 e. The van der Waals surface area contributed by atoms with Gasteiger partial charge in [0, 0.05) is 25.7 Å². The van der Waals surface area contributed by atoms with Crippen LogP contribution >= 0.6 is 0 Å². The van der Waals surface area contributed by atoms with E-state index in [4.69, 9.17) is 5.11 Å². The molecule has 0 saturated carbocycles. The van der Waals surface area contributed by atoms with Gasteiger partial charge in [-0.05, 0) is 12.8 Å². The molecule has 0 spiro atoms. The van der Waals surface area contributed by atoms with Gasteiger partial charge in [0.1, 0.15) is 0 Å². The van der Waals surface area contributed by atoms with Gasteiger partial charge in [-0.15, -0.1) is 5.10 Å². The Kier molecular flexibility index (Phi) is 7.78. The minimum absolute atomic E-state index is 0.198. The Morgan fingerprint density at radius 2 is 1.85 bits per heavy atom. The number of amides is 2. The lowest BCUT2D eigenvalue weighted by molar-refractivity contribution is -0.137. The third kappa shape index (κ3) is 8.06. The van der Waals surface area contributed by atoms with E-state index in [-0.39, 0.29) is 12.5 Å². The van der Waals surface area contributed by atoms with Crippen LogP contribution in [0.2, 0.25) is 0 Å². The number of rotatable bonds is 10. The number of unbranched alkanes of at least 4 members (excludes halogenated alkanes) is 3. The van der Waals surface area contributed by atoms with Crippen molar-refractivity contribution in [3.8, 4) is 0 Å². The molecule has 0 unspecified atom stereocenters. The Labute approximate surface area is 117 Å². The number of nitrogens with one attached hydrogen (secondary N) is 2. The van der Waals surface area contributed by atoms with Crippen LogP contribution in [0.3, 0.4) is 0 Å². The Hall–Kier alpha value is -2.12. The van der Waals surface area contributed by atoms with Crippen molar-refractivity contribution in [1.29, 1.82) is 0 Å². The van der Waals surface area contributed by atoms with Gasteiger partial charge in [-0.3, -0.25) is 9.48 Å². The molecule has 0 fully saturated rings. The molecule has 0 radical (unpaired) electrons. The Bertz CT molecular complexity index is 394. The fraction of sp³-hybridized carbons (Fsp3) is 0.667. The SMILES string of the molecule is O=C(O)CCCCCCNC(=O)NCCn1ccnn1. The summed E-state index contributed by atoms with van der Waals surface area (Å²) in [5.41, 5.74) is 0. The standard InChI is InChI=1S/C12H21N5O3/c18-11(19)5-3-1-2-4-6-13-12(20)14-7-9-17-10-8-15-16-17/h8,10H,1-7,9H2,(H,18,19)(H2,13,14,20). The van der Waals surface area contributed by atoms with Crippen LogP contribution in [0, 0.1) is 0 Å². The van der Waals surface area contributed by atoms with Gasteiger partial charge in [-0.2, -0.15) is 0 Å². The van der Waals surface area contributed by atoms with E-state index in [1.807, 2.05) is 0 Å². The van der Waals surface area contributed by atoms with Crippen LogP contribution in [0.15, 0.2) is 12.4 Å². The summed E-state index contributed by atoms with van der Waals surface area (Å²) in [6.45, 7) is 1.68. The van der Waals surface area contributed by atoms with Crippen LogP contribution in [-0.4, -0.2) is 45.2 Å². The van der Waals surface area contributed by atoms with Crippen molar-refractivity contribution in [3.05, 3.63) is 12.4 Å². The molecular formula is C12H21N5O3. The fourth-order valence-corrected chi connectivity index (χ4v) is 1.66. The average Bonchev–Trinajstić information content (AvgIpc) is 2.90. The molecule has 0 saturated heterocycles. The van der Waals surface area contributed by atoms with Gasteiger partial charge < -0.3 is 15.7 Å². The fourth-order valence-electron chi connectivity index (χ4n) is 1.66. The zero-order valence-corrected chi connectivity index (χ0v) is 11.4. The summed E-state index contributed by atoms with van der Waals surface area (Å²) in [6, 6.07) is -0.198. The first kappa shape index (κ1) is 15.9. The van der Waals surface area contributed by atoms with Crippen molar-refractivity contribution in [3.63, 3.8) is 0 Å². The molecule has 1 heterocycles. The summed E-state index contributed by atoms with van der Waals surface area (Å²) in [7, 11) is 0. The average molecular weight is 283 g/mol. The number of carbonyl (C=O) groups is 2. The predicted octanol–water partition coefficient (Wildman–Crippen LogP) is 0.612. The predicted molar refractivity (Wildman–Crippen MR) is 72.1 cm³/mol. The quantitative estimate of drug-likeness (QED) is 0.545. The molecule has 0 bridgehead atoms. The third-order valence-corrected chi connectivity index (χ3v) is 2.70. The molecule has 3 N–H and O–H groups in total. The molecule has 2 amide bonds. The number of aromatic nitrogens is 3. The van der Waals surface area contributed by atoms with Crippen molar-refractivity contribution in [2.24, 2.45) is 0 Å². The lowest BCUT2D eigenvalue weighted by Gasteiger charge is -2.07. The van der Waals surface area contributed by atoms with Gasteiger partial charge in [0.05, 0.1) is 12.7 Å². The molecular weight excluding hydrogens is 262 g/mol. The monoisotopic (exact) mass is 283 g/mol. The molecule has 1 aromatic rings. The molecule has 8 nitrogen and oxygen atoms in total. The second-order valence-electron chi connectivity index (χ2n) is 4.41. The second-order valence-corrected chi connectivity index (χ2v) is 4.41. The van der Waals surface area contributed by atoms with E-state index in [1.54, 1.807) is 17.1 Å². The lowest BCUT2D eigenvalue weighted by atomic mass is 10.1. The number of carboxylic acid groups (broad SMARTS) is 1. The van der Waals surface area contributed by atoms with Crippen LogP contribution in [0.1, 0.15) is 32.1 Å². The highest BCUT2D eigenvalue weighted by Gasteiger charge is 2.00. The molecule has 8 heteroatoms. The first-order valence-electron chi connectivity index (χ1n) is 6.76. The number of hydrogen-bond donors (Lipinski definition) is 3. The van der Waals surface area contributed by atoms with Crippen LogP contribution in [-0.2, 0) is 11.3 Å². The number of nitrogens with zero attached hydrogens (tertiary/aromatic N) is 3. The van der Waals surface area contributed by atoms with Gasteiger partial charge in [-0.25, -0.2) is 4.79 Å². The molecule has 0 aromatic carbocycles. The van der Waals surface area contributed by atoms with Gasteiger partial charge in [0.25, 0.3) is 0 Å². The molecule has 112 valence electrons. The highest BCUT2D eigenvalue weighted by atomic mass is 16.4. The first-order chi connectivity index (χ1) is 9.68. The van der Waals surface area contributed by atoms with Crippen LogP contribution < -0.4 is 10.6 Å². The molecule has 0 atom stereocenters. The van der Waals surface area contributed by atoms with Crippen molar-refractivity contribution in [2.45, 2.75) is 38.6 Å². The maximum atomic E-state index is 11.4. The molecule has 0 aliphatic carbocycles. The number of hydrogen-bond acceptors (Lipinski definition) is 4. The third-order valence-electron chi connectivity index (χ3n) is 2.70. The molecule has 1 rings (SSSR count). The van der Waals surface area contributed by atoms with E-state index in [0.717, 1.165) is 19.3 Å². The van der Waals surface area contributed by atoms with E-state index < -0.39 is 5.97 Å². The van der Waals surface area contributed by atoms with E-state index in [1.165, 1.54) is 0 Å². The smallest absolute Gasteiger partial charge is 0.314 e. The minimum atomic E-state index is -0.755. The number of carbonyl (C=O) groups excluding carboxylic acids is 1. The van der Waals surface area contributed by atoms with Gasteiger partial charge in [-0.1, -0.05) is 18.1 Å². The van der Waals surface area contributed by atoms with Gasteiger partial charge in [0.2, 0.25) is 0 Å². The van der Waals surface area contributed by atoms with Crippen molar-refractivity contribution in [2.75, 3.05) is 13.1 Å². The van der Waals surface area contributed by atoms with Crippen LogP contribution in [0.5, 0.6) is 0 Å². The normalized spacial score (nSPS) is 10.2. The number of carboxylic acids is 1. The summed E-state index contributed by atoms with van der Waals surface area (Å²) in [4.78, 5) is 21.7. The van der Waals surface area contributed by atoms with Gasteiger partial charge in [0.15, 0.2) is 0 Å². The maximum absolute atomic E-state index is 11.4. The Morgan fingerprint density at radius 1 is 1.10 bits per heavy atom. The van der Waals surface area contributed by atoms with Crippen molar-refractivity contribution < 1.29 is 14.7 Å². The zero-order chi connectivity index (χ0) is 14.6. The lowest BCUT2D eigenvalue weighted by Crippen LogP contribution is -2.37. The largest absolute Gasteiger partial charge is 0.481 e. The van der Waals surface area contributed by atoms with E-state index in [2.05, 4.69) is 20.9 Å². The van der Waals surface area contributed by atoms with E-state index >= 15 is 0 Å². The number of urea groups is 1. The highest BCUT2D eigenvalue weighted by molar-refractivity contribution is 5.73. The van der Waals surface area contributed by atoms with Crippen LogP contribution in [0.4, 0.5) is 4.79 Å². The topological polar surface area (TPSA) is 109 Å². The molecule has 1 aromatic heterocycles.